The highest BCUT2D eigenvalue weighted by Gasteiger charge is 2.10. The molecule has 0 amide bonds. The zero-order valence-corrected chi connectivity index (χ0v) is 10.7. The Balaban J connectivity index is 3.76. The Kier molecular flexibility index (Phi) is 8.75. The highest BCUT2D eigenvalue weighted by molar-refractivity contribution is 6.53. The maximum absolute atomic E-state index is 3.39. The summed E-state index contributed by atoms with van der Waals surface area (Å²) in [5.74, 6) is 0. The van der Waals surface area contributed by atoms with Crippen LogP contribution in [0.15, 0.2) is 0 Å². The van der Waals surface area contributed by atoms with Gasteiger partial charge in [-0.2, -0.15) is 0 Å². The number of rotatable bonds is 8. The maximum Gasteiger partial charge on any atom is 0.198 e. The number of hydrogen-bond acceptors (Lipinski definition) is 3. The minimum absolute atomic E-state index is 0.887. The van der Waals surface area contributed by atoms with Crippen LogP contribution in [0.2, 0.25) is 0 Å². The van der Waals surface area contributed by atoms with Crippen LogP contribution in [-0.4, -0.2) is 47.4 Å². The van der Waals surface area contributed by atoms with Crippen LogP contribution in [0.25, 0.3) is 0 Å². The van der Waals surface area contributed by atoms with Gasteiger partial charge in [0.2, 0.25) is 0 Å². The molecule has 4 heteroatoms. The highest BCUT2D eigenvalue weighted by atomic mass is 28.3. The van der Waals surface area contributed by atoms with Crippen LogP contribution >= 0.6 is 0 Å². The van der Waals surface area contributed by atoms with Gasteiger partial charge in [-0.1, -0.05) is 13.8 Å². The van der Waals surface area contributed by atoms with E-state index in [1.807, 2.05) is 0 Å². The van der Waals surface area contributed by atoms with Crippen molar-refractivity contribution in [1.29, 1.82) is 0 Å². The lowest BCUT2D eigenvalue weighted by Crippen LogP contribution is -2.52. The van der Waals surface area contributed by atoms with E-state index in [0.717, 1.165) is 0 Å². The molecule has 0 aliphatic carbocycles. The quantitative estimate of drug-likeness (QED) is 0.556. The molecule has 2 N–H and O–H groups in total. The van der Waals surface area contributed by atoms with Gasteiger partial charge >= 0.3 is 0 Å². The molecular weight excluding hydrogens is 178 g/mol. The van der Waals surface area contributed by atoms with Crippen LogP contribution in [0, 0.1) is 0 Å². The second kappa shape index (κ2) is 8.68. The van der Waals surface area contributed by atoms with Crippen molar-refractivity contribution in [1.82, 2.24) is 14.9 Å². The fourth-order valence-corrected chi connectivity index (χ4v) is 3.05. The van der Waals surface area contributed by atoms with E-state index < -0.39 is 9.12 Å². The normalized spacial score (nSPS) is 11.5. The fraction of sp³-hybridized carbons (Fsp3) is 1.00. The number of nitrogens with one attached hydrogen (secondary N) is 2. The standard InChI is InChI=1S/C9H25N3Si/c1-5-7-12(8-6-2)9-13(10-3)11-4/h10-11,13H,5-9H2,1-4H3. The summed E-state index contributed by atoms with van der Waals surface area (Å²) in [5.41, 5.74) is 0. The zero-order chi connectivity index (χ0) is 10.1. The number of hydrogen-bond donors (Lipinski definition) is 2. The first-order chi connectivity index (χ1) is 6.28. The third-order valence-corrected chi connectivity index (χ3v) is 4.49. The predicted molar refractivity (Wildman–Crippen MR) is 62.3 cm³/mol. The first kappa shape index (κ1) is 13.1. The van der Waals surface area contributed by atoms with Crippen molar-refractivity contribution in [2.45, 2.75) is 26.7 Å². The summed E-state index contributed by atoms with van der Waals surface area (Å²) in [6, 6.07) is 0. The van der Waals surface area contributed by atoms with E-state index >= 15 is 0 Å². The van der Waals surface area contributed by atoms with Crippen LogP contribution in [0.1, 0.15) is 26.7 Å². The van der Waals surface area contributed by atoms with Crippen LogP contribution < -0.4 is 9.96 Å². The average Bonchev–Trinajstić information content (AvgIpc) is 2.14. The molecule has 0 aromatic carbocycles. The lowest BCUT2D eigenvalue weighted by atomic mass is 10.4. The van der Waals surface area contributed by atoms with E-state index in [9.17, 15) is 0 Å². The van der Waals surface area contributed by atoms with Crippen molar-refractivity contribution in [3.63, 3.8) is 0 Å². The van der Waals surface area contributed by atoms with Crippen molar-refractivity contribution in [3.05, 3.63) is 0 Å². The van der Waals surface area contributed by atoms with Gasteiger partial charge in [0.05, 0.1) is 0 Å². The first-order valence-corrected chi connectivity index (χ1v) is 7.32. The summed E-state index contributed by atoms with van der Waals surface area (Å²) in [7, 11) is 3.23. The molecule has 0 fully saturated rings. The van der Waals surface area contributed by atoms with Gasteiger partial charge in [0.1, 0.15) is 0 Å². The molecule has 0 saturated carbocycles. The summed E-state index contributed by atoms with van der Waals surface area (Å²) < 4.78 is 0. The van der Waals surface area contributed by atoms with Gasteiger partial charge in [-0.25, -0.2) is 0 Å². The molecule has 0 unspecified atom stereocenters. The molecule has 80 valence electrons. The summed E-state index contributed by atoms with van der Waals surface area (Å²) >= 11 is 0. The van der Waals surface area contributed by atoms with Crippen molar-refractivity contribution >= 4 is 9.12 Å². The molecule has 0 radical (unpaired) electrons. The Morgan fingerprint density at radius 1 is 1.00 bits per heavy atom. The average molecular weight is 203 g/mol. The van der Waals surface area contributed by atoms with E-state index in [0.29, 0.717) is 0 Å². The van der Waals surface area contributed by atoms with Gasteiger partial charge in [-0.15, -0.1) is 0 Å². The van der Waals surface area contributed by atoms with E-state index in [1.165, 1.54) is 32.1 Å². The van der Waals surface area contributed by atoms with Crippen LogP contribution in [0.3, 0.4) is 0 Å². The van der Waals surface area contributed by atoms with Crippen LogP contribution in [0.4, 0.5) is 0 Å². The Morgan fingerprint density at radius 3 is 1.77 bits per heavy atom. The molecule has 0 aliphatic heterocycles. The lowest BCUT2D eigenvalue weighted by Gasteiger charge is -2.25. The molecule has 0 aromatic rings. The molecular formula is C9H25N3Si. The predicted octanol–water partition coefficient (Wildman–Crippen LogP) is 0.307. The van der Waals surface area contributed by atoms with Gasteiger partial charge in [0.15, 0.2) is 9.12 Å². The fourth-order valence-electron chi connectivity index (χ4n) is 1.51. The monoisotopic (exact) mass is 203 g/mol. The van der Waals surface area contributed by atoms with E-state index in [2.05, 4.69) is 42.8 Å². The Hall–Kier alpha value is 0.0969. The number of nitrogens with zero attached hydrogens (tertiary/aromatic N) is 1. The second-order valence-electron chi connectivity index (χ2n) is 3.43. The van der Waals surface area contributed by atoms with Gasteiger partial charge in [-0.3, -0.25) is 0 Å². The molecule has 0 spiro atoms. The largest absolute Gasteiger partial charge is 0.330 e. The summed E-state index contributed by atoms with van der Waals surface area (Å²) in [6.07, 6.45) is 3.75. The second-order valence-corrected chi connectivity index (χ2v) is 6.06. The topological polar surface area (TPSA) is 27.3 Å². The Bertz CT molecular complexity index is 101. The lowest BCUT2D eigenvalue weighted by molar-refractivity contribution is 0.312. The van der Waals surface area contributed by atoms with Crippen molar-refractivity contribution < 1.29 is 0 Å². The minimum Gasteiger partial charge on any atom is -0.330 e. The zero-order valence-electron chi connectivity index (χ0n) is 9.56. The molecule has 0 bridgehead atoms. The summed E-state index contributed by atoms with van der Waals surface area (Å²) in [6.45, 7) is 6.97. The molecule has 0 aliphatic rings. The summed E-state index contributed by atoms with van der Waals surface area (Å²) in [5, 5.41) is 0. The van der Waals surface area contributed by atoms with Crippen LogP contribution in [-0.2, 0) is 0 Å². The highest BCUT2D eigenvalue weighted by Crippen LogP contribution is 1.93. The van der Waals surface area contributed by atoms with E-state index in [-0.39, 0.29) is 0 Å². The first-order valence-electron chi connectivity index (χ1n) is 5.35. The van der Waals surface area contributed by atoms with E-state index in [1.54, 1.807) is 0 Å². The third-order valence-electron chi connectivity index (χ3n) is 2.22. The van der Waals surface area contributed by atoms with Gasteiger partial charge in [0.25, 0.3) is 0 Å². The van der Waals surface area contributed by atoms with Crippen molar-refractivity contribution in [3.8, 4) is 0 Å². The smallest absolute Gasteiger partial charge is 0.198 e. The molecule has 3 nitrogen and oxygen atoms in total. The third kappa shape index (κ3) is 6.21. The maximum atomic E-state index is 3.39. The molecule has 0 atom stereocenters. The van der Waals surface area contributed by atoms with Crippen LogP contribution in [0.5, 0.6) is 0 Å². The minimum atomic E-state index is -0.887. The van der Waals surface area contributed by atoms with E-state index in [4.69, 9.17) is 0 Å². The molecule has 0 aromatic heterocycles. The van der Waals surface area contributed by atoms with Crippen molar-refractivity contribution in [2.75, 3.05) is 33.4 Å². The van der Waals surface area contributed by atoms with Gasteiger partial charge in [-0.05, 0) is 40.0 Å². The van der Waals surface area contributed by atoms with Crippen molar-refractivity contribution in [2.24, 2.45) is 0 Å². The van der Waals surface area contributed by atoms with Gasteiger partial charge < -0.3 is 14.9 Å². The Labute approximate surface area is 84.7 Å². The Morgan fingerprint density at radius 2 is 1.46 bits per heavy atom. The molecule has 0 saturated heterocycles. The SMILES string of the molecule is CCCN(CCC)C[SiH](NC)NC. The molecule has 0 heterocycles. The van der Waals surface area contributed by atoms with Gasteiger partial charge in [0, 0.05) is 6.17 Å². The molecule has 0 rings (SSSR count). The summed E-state index contributed by atoms with van der Waals surface area (Å²) in [4.78, 5) is 9.33. The molecule has 13 heavy (non-hydrogen) atoms.